The highest BCUT2D eigenvalue weighted by atomic mass is 16.5. The topological polar surface area (TPSA) is 71.6 Å². The quantitative estimate of drug-likeness (QED) is 0.447. The molecule has 6 heteroatoms. The van der Waals surface area contributed by atoms with Crippen LogP contribution in [0.15, 0.2) is 0 Å². The number of rotatable bonds is 13. The smallest absolute Gasteiger partial charge is 0.314 e. The minimum Gasteiger partial charge on any atom is -0.378 e. The third-order valence-corrected chi connectivity index (χ3v) is 2.55. The summed E-state index contributed by atoms with van der Waals surface area (Å²) in [6, 6.07) is -0.139. The van der Waals surface area contributed by atoms with E-state index in [1.165, 1.54) is 0 Å². The van der Waals surface area contributed by atoms with Crippen LogP contribution in [0.25, 0.3) is 0 Å². The van der Waals surface area contributed by atoms with E-state index in [2.05, 4.69) is 43.6 Å². The molecular weight excluding hydrogens is 270 g/mol. The van der Waals surface area contributed by atoms with Gasteiger partial charge in [-0.25, -0.2) is 4.79 Å². The third-order valence-electron chi connectivity index (χ3n) is 2.55. The Labute approximate surface area is 129 Å². The molecular formula is C15H33N3O3. The molecule has 0 saturated heterocycles. The first-order valence-corrected chi connectivity index (χ1v) is 7.90. The molecule has 0 bridgehead atoms. The molecule has 0 aliphatic rings. The van der Waals surface area contributed by atoms with E-state index in [9.17, 15) is 4.79 Å². The Morgan fingerprint density at radius 2 is 1.38 bits per heavy atom. The van der Waals surface area contributed by atoms with Gasteiger partial charge in [-0.3, -0.25) is 0 Å². The summed E-state index contributed by atoms with van der Waals surface area (Å²) in [6.45, 7) is 13.9. The summed E-state index contributed by atoms with van der Waals surface area (Å²) < 4.78 is 10.8. The van der Waals surface area contributed by atoms with Gasteiger partial charge in [0.1, 0.15) is 0 Å². The van der Waals surface area contributed by atoms with E-state index >= 15 is 0 Å². The van der Waals surface area contributed by atoms with Gasteiger partial charge in [-0.05, 0) is 18.4 Å². The summed E-state index contributed by atoms with van der Waals surface area (Å²) in [5.74, 6) is 1.12. The molecule has 0 aromatic heterocycles. The van der Waals surface area contributed by atoms with Gasteiger partial charge in [0.25, 0.3) is 0 Å². The second-order valence-electron chi connectivity index (χ2n) is 5.85. The minimum atomic E-state index is -0.139. The summed E-state index contributed by atoms with van der Waals surface area (Å²) in [5.41, 5.74) is 0. The number of amides is 2. The maximum Gasteiger partial charge on any atom is 0.314 e. The van der Waals surface area contributed by atoms with Crippen LogP contribution in [0.5, 0.6) is 0 Å². The lowest BCUT2D eigenvalue weighted by Crippen LogP contribution is -2.39. The second kappa shape index (κ2) is 14.1. The molecule has 0 aromatic rings. The summed E-state index contributed by atoms with van der Waals surface area (Å²) in [4.78, 5) is 11.3. The van der Waals surface area contributed by atoms with E-state index in [1.807, 2.05) is 0 Å². The highest BCUT2D eigenvalue weighted by Crippen LogP contribution is 1.87. The van der Waals surface area contributed by atoms with Gasteiger partial charge in [-0.2, -0.15) is 0 Å². The molecule has 0 aromatic carbocycles. The van der Waals surface area contributed by atoms with Crippen molar-refractivity contribution in [1.29, 1.82) is 0 Å². The monoisotopic (exact) mass is 303 g/mol. The Balaban J connectivity index is 3.13. The summed E-state index contributed by atoms with van der Waals surface area (Å²) >= 11 is 0. The Kier molecular flexibility index (Phi) is 13.5. The normalized spacial score (nSPS) is 11.1. The molecule has 3 N–H and O–H groups in total. The van der Waals surface area contributed by atoms with Crippen LogP contribution in [0.1, 0.15) is 27.7 Å². The number of urea groups is 1. The highest BCUT2D eigenvalue weighted by Gasteiger charge is 2.00. The largest absolute Gasteiger partial charge is 0.378 e. The van der Waals surface area contributed by atoms with Gasteiger partial charge >= 0.3 is 6.03 Å². The van der Waals surface area contributed by atoms with Crippen LogP contribution in [0, 0.1) is 11.8 Å². The van der Waals surface area contributed by atoms with E-state index < -0.39 is 0 Å². The molecule has 21 heavy (non-hydrogen) atoms. The molecule has 0 atom stereocenters. The maximum absolute atomic E-state index is 11.3. The average Bonchev–Trinajstić information content (AvgIpc) is 2.42. The molecule has 0 heterocycles. The Morgan fingerprint density at radius 1 is 0.810 bits per heavy atom. The van der Waals surface area contributed by atoms with Crippen molar-refractivity contribution in [3.8, 4) is 0 Å². The Hall–Kier alpha value is -0.850. The van der Waals surface area contributed by atoms with Crippen LogP contribution >= 0.6 is 0 Å². The molecule has 0 fully saturated rings. The van der Waals surface area contributed by atoms with Gasteiger partial charge in [-0.15, -0.1) is 0 Å². The van der Waals surface area contributed by atoms with Gasteiger partial charge in [-0.1, -0.05) is 27.7 Å². The summed E-state index contributed by atoms with van der Waals surface area (Å²) in [5, 5.41) is 8.83. The van der Waals surface area contributed by atoms with Crippen molar-refractivity contribution in [2.45, 2.75) is 27.7 Å². The minimum absolute atomic E-state index is 0.139. The Bertz CT molecular complexity index is 248. The predicted molar refractivity (Wildman–Crippen MR) is 85.6 cm³/mol. The van der Waals surface area contributed by atoms with Crippen LogP contribution in [-0.2, 0) is 9.47 Å². The molecule has 2 amide bonds. The SMILES string of the molecule is CC(C)CNCCOCCOCCNC(=O)NCC(C)C. The van der Waals surface area contributed by atoms with E-state index in [1.54, 1.807) is 0 Å². The first-order chi connectivity index (χ1) is 10.0. The highest BCUT2D eigenvalue weighted by molar-refractivity contribution is 5.73. The van der Waals surface area contributed by atoms with Gasteiger partial charge in [0.15, 0.2) is 0 Å². The fraction of sp³-hybridized carbons (Fsp3) is 0.933. The van der Waals surface area contributed by atoms with Gasteiger partial charge in [0.2, 0.25) is 0 Å². The van der Waals surface area contributed by atoms with Crippen LogP contribution < -0.4 is 16.0 Å². The van der Waals surface area contributed by atoms with Crippen LogP contribution in [-0.4, -0.2) is 58.6 Å². The van der Waals surface area contributed by atoms with E-state index in [0.29, 0.717) is 51.4 Å². The van der Waals surface area contributed by atoms with Crippen LogP contribution in [0.2, 0.25) is 0 Å². The van der Waals surface area contributed by atoms with Crippen molar-refractivity contribution in [2.24, 2.45) is 11.8 Å². The molecule has 0 aliphatic heterocycles. The molecule has 0 saturated carbocycles. The van der Waals surface area contributed by atoms with Crippen molar-refractivity contribution in [2.75, 3.05) is 52.6 Å². The van der Waals surface area contributed by atoms with Gasteiger partial charge < -0.3 is 25.4 Å². The molecule has 0 aliphatic carbocycles. The van der Waals surface area contributed by atoms with Crippen LogP contribution in [0.3, 0.4) is 0 Å². The number of nitrogens with one attached hydrogen (secondary N) is 3. The molecule has 0 rings (SSSR count). The molecule has 126 valence electrons. The van der Waals surface area contributed by atoms with E-state index in [0.717, 1.165) is 13.1 Å². The van der Waals surface area contributed by atoms with Crippen molar-refractivity contribution >= 4 is 6.03 Å². The van der Waals surface area contributed by atoms with Crippen molar-refractivity contribution in [3.63, 3.8) is 0 Å². The summed E-state index contributed by atoms with van der Waals surface area (Å²) in [7, 11) is 0. The summed E-state index contributed by atoms with van der Waals surface area (Å²) in [6.07, 6.45) is 0. The average molecular weight is 303 g/mol. The first kappa shape index (κ1) is 20.1. The lowest BCUT2D eigenvalue weighted by Gasteiger charge is -2.10. The molecule has 0 spiro atoms. The second-order valence-corrected chi connectivity index (χ2v) is 5.85. The number of carbonyl (C=O) groups is 1. The lowest BCUT2D eigenvalue weighted by atomic mass is 10.2. The van der Waals surface area contributed by atoms with Gasteiger partial charge in [0.05, 0.1) is 26.4 Å². The van der Waals surface area contributed by atoms with E-state index in [-0.39, 0.29) is 6.03 Å². The Morgan fingerprint density at radius 3 is 1.95 bits per heavy atom. The zero-order chi connectivity index (χ0) is 15.9. The molecule has 6 nitrogen and oxygen atoms in total. The third kappa shape index (κ3) is 17.1. The zero-order valence-electron chi connectivity index (χ0n) is 14.0. The fourth-order valence-corrected chi connectivity index (χ4v) is 1.45. The number of carbonyl (C=O) groups excluding carboxylic acids is 1. The fourth-order valence-electron chi connectivity index (χ4n) is 1.45. The predicted octanol–water partition coefficient (Wildman–Crippen LogP) is 1.22. The molecule has 0 radical (unpaired) electrons. The number of hydrogen-bond donors (Lipinski definition) is 3. The number of ether oxygens (including phenoxy) is 2. The lowest BCUT2D eigenvalue weighted by molar-refractivity contribution is 0.0503. The maximum atomic E-state index is 11.3. The van der Waals surface area contributed by atoms with Crippen molar-refractivity contribution in [3.05, 3.63) is 0 Å². The van der Waals surface area contributed by atoms with Crippen molar-refractivity contribution < 1.29 is 14.3 Å². The van der Waals surface area contributed by atoms with Crippen molar-refractivity contribution in [1.82, 2.24) is 16.0 Å². The molecule has 0 unspecified atom stereocenters. The van der Waals surface area contributed by atoms with Crippen LogP contribution in [0.4, 0.5) is 4.79 Å². The first-order valence-electron chi connectivity index (χ1n) is 7.90. The van der Waals surface area contributed by atoms with E-state index in [4.69, 9.17) is 9.47 Å². The van der Waals surface area contributed by atoms with Gasteiger partial charge in [0, 0.05) is 19.6 Å². The number of hydrogen-bond acceptors (Lipinski definition) is 4. The standard InChI is InChI=1S/C15H33N3O3/c1-13(2)11-16-5-7-20-9-10-21-8-6-17-15(19)18-12-14(3)4/h13-14,16H,5-12H2,1-4H3,(H2,17,18,19). The zero-order valence-corrected chi connectivity index (χ0v) is 14.0.